The summed E-state index contributed by atoms with van der Waals surface area (Å²) in [5.41, 5.74) is 0.0953. The van der Waals surface area contributed by atoms with E-state index in [1.54, 1.807) is 6.92 Å². The SMILES string of the molecule is CC#CCCC(=O)c1ccncc1F. The van der Waals surface area contributed by atoms with Crippen molar-refractivity contribution in [3.8, 4) is 11.8 Å². The van der Waals surface area contributed by atoms with Gasteiger partial charge in [0, 0.05) is 19.0 Å². The van der Waals surface area contributed by atoms with Crippen LogP contribution < -0.4 is 0 Å². The number of carbonyl (C=O) groups excluding carboxylic acids is 1. The number of hydrogen-bond donors (Lipinski definition) is 0. The predicted molar refractivity (Wildman–Crippen MR) is 51.2 cm³/mol. The minimum Gasteiger partial charge on any atom is -0.294 e. The Morgan fingerprint density at radius 2 is 2.43 bits per heavy atom. The quantitative estimate of drug-likeness (QED) is 0.541. The van der Waals surface area contributed by atoms with Gasteiger partial charge in [0.05, 0.1) is 11.8 Å². The van der Waals surface area contributed by atoms with Crippen LogP contribution in [-0.2, 0) is 0 Å². The molecule has 3 heteroatoms. The van der Waals surface area contributed by atoms with Crippen molar-refractivity contribution in [3.63, 3.8) is 0 Å². The van der Waals surface area contributed by atoms with Gasteiger partial charge in [0.15, 0.2) is 11.6 Å². The van der Waals surface area contributed by atoms with Crippen molar-refractivity contribution in [1.82, 2.24) is 4.98 Å². The van der Waals surface area contributed by atoms with Gasteiger partial charge in [0.2, 0.25) is 0 Å². The second-order valence-corrected chi connectivity index (χ2v) is 2.71. The Labute approximate surface area is 82.2 Å². The van der Waals surface area contributed by atoms with E-state index in [1.807, 2.05) is 0 Å². The van der Waals surface area contributed by atoms with Gasteiger partial charge in [-0.15, -0.1) is 11.8 Å². The van der Waals surface area contributed by atoms with Crippen molar-refractivity contribution in [3.05, 3.63) is 29.8 Å². The highest BCUT2D eigenvalue weighted by atomic mass is 19.1. The highest BCUT2D eigenvalue weighted by Crippen LogP contribution is 2.08. The first kappa shape index (κ1) is 10.4. The van der Waals surface area contributed by atoms with E-state index in [0.29, 0.717) is 6.42 Å². The van der Waals surface area contributed by atoms with Crippen LogP contribution in [-0.4, -0.2) is 10.8 Å². The Morgan fingerprint density at radius 1 is 1.64 bits per heavy atom. The van der Waals surface area contributed by atoms with Gasteiger partial charge < -0.3 is 0 Å². The first-order valence-electron chi connectivity index (χ1n) is 4.28. The summed E-state index contributed by atoms with van der Waals surface area (Å²) in [4.78, 5) is 15.0. The summed E-state index contributed by atoms with van der Waals surface area (Å²) in [7, 11) is 0. The van der Waals surface area contributed by atoms with Crippen LogP contribution in [0.25, 0.3) is 0 Å². The molecule has 0 fully saturated rings. The molecule has 0 atom stereocenters. The molecular weight excluding hydrogens is 181 g/mol. The van der Waals surface area contributed by atoms with Gasteiger partial charge in [0.25, 0.3) is 0 Å². The zero-order chi connectivity index (χ0) is 10.4. The Morgan fingerprint density at radius 3 is 3.07 bits per heavy atom. The maximum absolute atomic E-state index is 13.0. The lowest BCUT2D eigenvalue weighted by Crippen LogP contribution is -2.02. The maximum atomic E-state index is 13.0. The number of halogens is 1. The molecule has 0 amide bonds. The molecule has 0 saturated heterocycles. The van der Waals surface area contributed by atoms with E-state index in [0.717, 1.165) is 6.20 Å². The van der Waals surface area contributed by atoms with Crippen molar-refractivity contribution in [2.45, 2.75) is 19.8 Å². The summed E-state index contributed by atoms with van der Waals surface area (Å²) >= 11 is 0. The number of pyridine rings is 1. The van der Waals surface area contributed by atoms with Crippen LogP contribution in [0.2, 0.25) is 0 Å². The van der Waals surface area contributed by atoms with E-state index in [2.05, 4.69) is 16.8 Å². The molecule has 14 heavy (non-hydrogen) atoms. The summed E-state index contributed by atoms with van der Waals surface area (Å²) in [6.45, 7) is 1.71. The Balaban J connectivity index is 2.68. The predicted octanol–water partition coefficient (Wildman–Crippen LogP) is 2.21. The third kappa shape index (κ3) is 2.67. The highest BCUT2D eigenvalue weighted by Gasteiger charge is 2.09. The third-order valence-corrected chi connectivity index (χ3v) is 1.73. The van der Waals surface area contributed by atoms with Crippen LogP contribution in [0.3, 0.4) is 0 Å². The second kappa shape index (κ2) is 5.13. The lowest BCUT2D eigenvalue weighted by atomic mass is 10.1. The molecule has 0 saturated carbocycles. The molecule has 0 aliphatic rings. The largest absolute Gasteiger partial charge is 0.294 e. The summed E-state index contributed by atoms with van der Waals surface area (Å²) in [5.74, 6) is 4.64. The molecule has 1 heterocycles. The van der Waals surface area contributed by atoms with E-state index in [9.17, 15) is 9.18 Å². The Kier molecular flexibility index (Phi) is 3.81. The molecule has 0 aliphatic heterocycles. The number of nitrogens with zero attached hydrogens (tertiary/aromatic N) is 1. The normalized spacial score (nSPS) is 9.00. The van der Waals surface area contributed by atoms with E-state index >= 15 is 0 Å². The first-order chi connectivity index (χ1) is 6.75. The number of carbonyl (C=O) groups is 1. The van der Waals surface area contributed by atoms with E-state index in [-0.39, 0.29) is 17.8 Å². The van der Waals surface area contributed by atoms with Crippen LogP contribution in [0, 0.1) is 17.7 Å². The molecule has 1 rings (SSSR count). The van der Waals surface area contributed by atoms with Gasteiger partial charge in [-0.2, -0.15) is 0 Å². The molecule has 0 aliphatic carbocycles. The molecular formula is C11H10FNO. The van der Waals surface area contributed by atoms with Gasteiger partial charge >= 0.3 is 0 Å². The number of ketones is 1. The summed E-state index contributed by atoms with van der Waals surface area (Å²) in [5, 5.41) is 0. The van der Waals surface area contributed by atoms with Crippen molar-refractivity contribution >= 4 is 5.78 Å². The molecule has 0 bridgehead atoms. The van der Waals surface area contributed by atoms with Gasteiger partial charge in [-0.3, -0.25) is 9.78 Å². The van der Waals surface area contributed by atoms with Crippen molar-refractivity contribution in [1.29, 1.82) is 0 Å². The molecule has 0 unspecified atom stereocenters. The molecule has 1 aromatic heterocycles. The van der Waals surface area contributed by atoms with Crippen molar-refractivity contribution < 1.29 is 9.18 Å². The average Bonchev–Trinajstić information content (AvgIpc) is 2.18. The third-order valence-electron chi connectivity index (χ3n) is 1.73. The molecule has 1 aromatic rings. The summed E-state index contributed by atoms with van der Waals surface area (Å²) in [6.07, 6.45) is 3.17. The minimum absolute atomic E-state index is 0.0953. The monoisotopic (exact) mass is 191 g/mol. The average molecular weight is 191 g/mol. The van der Waals surface area contributed by atoms with E-state index in [1.165, 1.54) is 12.3 Å². The number of Topliss-reactive ketones (excluding diaryl/α,β-unsaturated/α-hetero) is 1. The van der Waals surface area contributed by atoms with Gasteiger partial charge in [-0.25, -0.2) is 4.39 Å². The number of rotatable bonds is 3. The Bertz CT molecular complexity index is 390. The highest BCUT2D eigenvalue weighted by molar-refractivity contribution is 5.96. The second-order valence-electron chi connectivity index (χ2n) is 2.71. The van der Waals surface area contributed by atoms with E-state index in [4.69, 9.17) is 0 Å². The topological polar surface area (TPSA) is 30.0 Å². The molecule has 72 valence electrons. The van der Waals surface area contributed by atoms with Crippen LogP contribution >= 0.6 is 0 Å². The standard InChI is InChI=1S/C11H10FNO/c1-2-3-4-5-11(14)9-6-7-13-8-10(9)12/h6-8H,4-5H2,1H3. The van der Waals surface area contributed by atoms with Crippen LogP contribution in [0.15, 0.2) is 18.5 Å². The molecule has 0 spiro atoms. The smallest absolute Gasteiger partial charge is 0.166 e. The van der Waals surface area contributed by atoms with Crippen molar-refractivity contribution in [2.75, 3.05) is 0 Å². The van der Waals surface area contributed by atoms with Gasteiger partial charge in [-0.1, -0.05) is 0 Å². The fraction of sp³-hybridized carbons (Fsp3) is 0.273. The van der Waals surface area contributed by atoms with Crippen LogP contribution in [0.5, 0.6) is 0 Å². The summed E-state index contributed by atoms with van der Waals surface area (Å²) in [6, 6.07) is 1.39. The zero-order valence-electron chi connectivity index (χ0n) is 7.88. The fourth-order valence-corrected chi connectivity index (χ4v) is 1.04. The van der Waals surface area contributed by atoms with Crippen LogP contribution in [0.4, 0.5) is 4.39 Å². The number of hydrogen-bond acceptors (Lipinski definition) is 2. The van der Waals surface area contributed by atoms with Crippen LogP contribution in [0.1, 0.15) is 30.1 Å². The Hall–Kier alpha value is -1.69. The zero-order valence-corrected chi connectivity index (χ0v) is 7.88. The van der Waals surface area contributed by atoms with Gasteiger partial charge in [0.1, 0.15) is 0 Å². The summed E-state index contributed by atoms with van der Waals surface area (Å²) < 4.78 is 13.0. The lowest BCUT2D eigenvalue weighted by Gasteiger charge is -1.98. The van der Waals surface area contributed by atoms with E-state index < -0.39 is 5.82 Å². The molecule has 2 nitrogen and oxygen atoms in total. The number of aromatic nitrogens is 1. The molecule has 0 radical (unpaired) electrons. The minimum atomic E-state index is -0.568. The molecule has 0 N–H and O–H groups in total. The molecule has 0 aromatic carbocycles. The fourth-order valence-electron chi connectivity index (χ4n) is 1.04. The van der Waals surface area contributed by atoms with Crippen molar-refractivity contribution in [2.24, 2.45) is 0 Å². The lowest BCUT2D eigenvalue weighted by molar-refractivity contribution is 0.0980. The van der Waals surface area contributed by atoms with Gasteiger partial charge in [-0.05, 0) is 13.0 Å². The maximum Gasteiger partial charge on any atom is 0.166 e. The first-order valence-corrected chi connectivity index (χ1v) is 4.28.